The first kappa shape index (κ1) is 57.7. The number of ether oxygens (including phenoxy) is 4. The molecule has 9 aromatic carbocycles. The third-order valence-corrected chi connectivity index (χ3v) is 18.5. The van der Waals surface area contributed by atoms with Gasteiger partial charge in [0.15, 0.2) is 11.6 Å². The molecule has 0 bridgehead atoms. The Balaban J connectivity index is 0.000000168. The van der Waals surface area contributed by atoms with E-state index in [0.717, 1.165) is 33.1 Å². The average Bonchev–Trinajstić information content (AvgIpc) is 1.53. The standard InChI is InChI=1S/C46H39NO6.C30H20N2O6/c1-25-10-16-35-37(18-25)44(2,3)23-46(35)24-45(4,5)38-22-30(13-17-36(38)46)53-29-12-15-32-34(21-29)43(51)47(42(32)50)27-9-7-8-26(19-27)39-40(48)31-14-11-28(52-6)20-33(31)41(39)49;1-17-5-3-8-21(13-17)38-22-10-12-24-26(16-22)30(36)32(28(24)34)19-7-4-6-18(14-19)31-27(33)23-11-9-20(37-2)15-25(23)29(31)35/h7-22,39H,23-24H2,1-6H3;3-16H,1-2H3. The first-order valence-electron chi connectivity index (χ1n) is 29.9. The number of carbonyl (C=O) groups excluding carboxylic acids is 8. The van der Waals surface area contributed by atoms with Gasteiger partial charge in [-0.1, -0.05) is 87.9 Å². The van der Waals surface area contributed by atoms with Crippen LogP contribution in [0, 0.1) is 13.8 Å². The lowest BCUT2D eigenvalue weighted by Crippen LogP contribution is -2.31. The van der Waals surface area contributed by atoms with Crippen molar-refractivity contribution in [2.24, 2.45) is 0 Å². The van der Waals surface area contributed by atoms with Crippen LogP contribution in [0.2, 0.25) is 0 Å². The molecule has 1 spiro atoms. The predicted molar refractivity (Wildman–Crippen MR) is 342 cm³/mol. The normalized spacial score (nSPS) is 18.5. The van der Waals surface area contributed by atoms with Crippen molar-refractivity contribution >= 4 is 64.1 Å². The van der Waals surface area contributed by atoms with Crippen molar-refractivity contribution in [3.05, 3.63) is 265 Å². The maximum Gasteiger partial charge on any atom is 0.266 e. The van der Waals surface area contributed by atoms with E-state index >= 15 is 0 Å². The highest BCUT2D eigenvalue weighted by Crippen LogP contribution is 2.63. The summed E-state index contributed by atoms with van der Waals surface area (Å²) in [6.45, 7) is 13.4. The molecule has 15 nitrogen and oxygen atoms in total. The van der Waals surface area contributed by atoms with E-state index in [9.17, 15) is 38.4 Å². The van der Waals surface area contributed by atoms with Gasteiger partial charge in [0.2, 0.25) is 0 Å². The van der Waals surface area contributed by atoms with E-state index in [1.807, 2.05) is 31.2 Å². The fourth-order valence-electron chi connectivity index (χ4n) is 14.5. The van der Waals surface area contributed by atoms with Crippen LogP contribution in [0.1, 0.15) is 168 Å². The Morgan fingerprint density at radius 1 is 0.341 bits per heavy atom. The number of ketones is 2. The molecule has 0 radical (unpaired) electrons. The minimum atomic E-state index is -1.07. The summed E-state index contributed by atoms with van der Waals surface area (Å²) in [6, 6.07) is 52.7. The first-order valence-corrected chi connectivity index (χ1v) is 29.9. The van der Waals surface area contributed by atoms with Gasteiger partial charge in [0.25, 0.3) is 35.4 Å². The summed E-state index contributed by atoms with van der Waals surface area (Å²) in [5.74, 6) is -1.67. The molecule has 15 rings (SSSR count). The second-order valence-electron chi connectivity index (χ2n) is 25.3. The van der Waals surface area contributed by atoms with E-state index in [0.29, 0.717) is 51.2 Å². The minimum Gasteiger partial charge on any atom is -0.497 e. The molecule has 3 aliphatic carbocycles. The molecule has 0 saturated heterocycles. The highest BCUT2D eigenvalue weighted by Gasteiger charge is 2.56. The Kier molecular flexibility index (Phi) is 13.3. The van der Waals surface area contributed by atoms with E-state index in [1.54, 1.807) is 115 Å². The van der Waals surface area contributed by atoms with Crippen molar-refractivity contribution < 1.29 is 57.3 Å². The quantitative estimate of drug-likeness (QED) is 0.0934. The van der Waals surface area contributed by atoms with Crippen LogP contribution in [0.5, 0.6) is 34.5 Å². The number of fused-ring (bicyclic) bond motifs is 8. The molecule has 2 unspecified atom stereocenters. The van der Waals surface area contributed by atoms with Crippen molar-refractivity contribution in [1.29, 1.82) is 0 Å². The van der Waals surface area contributed by atoms with Gasteiger partial charge in [-0.3, -0.25) is 38.4 Å². The number of methoxy groups -OCH3 is 2. The Morgan fingerprint density at radius 3 is 1.25 bits per heavy atom. The van der Waals surface area contributed by atoms with Crippen molar-refractivity contribution in [3.63, 3.8) is 0 Å². The average molecular weight is 1210 g/mol. The van der Waals surface area contributed by atoms with Crippen LogP contribution in [-0.2, 0) is 16.2 Å². The van der Waals surface area contributed by atoms with E-state index in [1.165, 1.54) is 54.2 Å². The lowest BCUT2D eigenvalue weighted by molar-refractivity contribution is 0.0881. The number of hydrogen-bond donors (Lipinski definition) is 0. The zero-order valence-corrected chi connectivity index (χ0v) is 51.1. The third-order valence-electron chi connectivity index (χ3n) is 18.5. The summed E-state index contributed by atoms with van der Waals surface area (Å²) in [5, 5.41) is 0. The smallest absolute Gasteiger partial charge is 0.266 e. The SMILES string of the molecule is COc1ccc2c(c1)C(=O)C(c1cccc(N3C(=O)c4ccc(Oc5ccc6c(c5)C(C)(C)CC65CC(C)(C)c6cc(C)ccc65)cc4C3=O)c1)C2=O.COc1ccc2c(c1)C(=O)N(c1cccc(N3C(=O)c4ccc(Oc5cccc(C)c5)cc4C3=O)c1)C2=O. The molecule has 91 heavy (non-hydrogen) atoms. The molecule has 15 heteroatoms. The zero-order chi connectivity index (χ0) is 63.7. The topological polar surface area (TPSA) is 183 Å². The molecule has 0 fully saturated rings. The largest absolute Gasteiger partial charge is 0.497 e. The number of carbonyl (C=O) groups is 8. The summed E-state index contributed by atoms with van der Waals surface area (Å²) < 4.78 is 22.7. The number of amides is 6. The van der Waals surface area contributed by atoms with Crippen molar-refractivity contribution in [3.8, 4) is 34.5 Å². The number of nitrogens with zero attached hydrogens (tertiary/aromatic N) is 3. The summed E-state index contributed by atoms with van der Waals surface area (Å²) in [7, 11) is 2.98. The summed E-state index contributed by atoms with van der Waals surface area (Å²) >= 11 is 0. The van der Waals surface area contributed by atoms with Crippen molar-refractivity contribution in [2.45, 2.75) is 76.5 Å². The molecule has 0 aromatic heterocycles. The fourth-order valence-corrected chi connectivity index (χ4v) is 14.5. The molecule has 0 N–H and O–H groups in total. The van der Waals surface area contributed by atoms with Gasteiger partial charge >= 0.3 is 0 Å². The second-order valence-corrected chi connectivity index (χ2v) is 25.3. The van der Waals surface area contributed by atoms with Gasteiger partial charge in [0.1, 0.15) is 40.4 Å². The number of hydrogen-bond acceptors (Lipinski definition) is 12. The van der Waals surface area contributed by atoms with Gasteiger partial charge in [-0.2, -0.15) is 0 Å². The maximum atomic E-state index is 13.9. The van der Waals surface area contributed by atoms with Crippen LogP contribution in [0.15, 0.2) is 182 Å². The zero-order valence-electron chi connectivity index (χ0n) is 51.1. The summed E-state index contributed by atoms with van der Waals surface area (Å²) in [4.78, 5) is 110. The molecule has 450 valence electrons. The van der Waals surface area contributed by atoms with E-state index in [2.05, 4.69) is 65.0 Å². The summed E-state index contributed by atoms with van der Waals surface area (Å²) in [5.41, 5.74) is 10.9. The molecule has 6 amide bonds. The molecule has 3 heterocycles. The fraction of sp³-hybridized carbons (Fsp3) is 0.184. The molecular weight excluding hydrogens is 1150 g/mol. The highest BCUT2D eigenvalue weighted by atomic mass is 16.5. The van der Waals surface area contributed by atoms with Crippen LogP contribution < -0.4 is 33.6 Å². The molecule has 2 atom stereocenters. The van der Waals surface area contributed by atoms with E-state index < -0.39 is 41.4 Å². The van der Waals surface area contributed by atoms with Gasteiger partial charge in [0.05, 0.1) is 64.7 Å². The number of rotatable bonds is 10. The van der Waals surface area contributed by atoms with Crippen LogP contribution >= 0.6 is 0 Å². The molecule has 6 aliphatic rings. The molecular formula is C76H59N3O12. The Hall–Kier alpha value is -11.1. The summed E-state index contributed by atoms with van der Waals surface area (Å²) in [6.07, 6.45) is 2.06. The lowest BCUT2D eigenvalue weighted by Gasteiger charge is -2.30. The van der Waals surface area contributed by atoms with Gasteiger partial charge in [-0.25, -0.2) is 14.7 Å². The predicted octanol–water partition coefficient (Wildman–Crippen LogP) is 14.8. The minimum absolute atomic E-state index is 0.0592. The number of imide groups is 3. The molecule has 3 aliphatic heterocycles. The van der Waals surface area contributed by atoms with Crippen LogP contribution in [0.3, 0.4) is 0 Å². The Labute approximate surface area is 524 Å². The Bertz CT molecular complexity index is 4770. The molecule has 9 aromatic rings. The van der Waals surface area contributed by atoms with Gasteiger partial charge < -0.3 is 18.9 Å². The van der Waals surface area contributed by atoms with Crippen molar-refractivity contribution in [1.82, 2.24) is 0 Å². The van der Waals surface area contributed by atoms with Gasteiger partial charge in [-0.05, 0) is 198 Å². The van der Waals surface area contributed by atoms with E-state index in [-0.39, 0.29) is 78.3 Å². The van der Waals surface area contributed by atoms with Gasteiger partial charge in [-0.15, -0.1) is 0 Å². The molecule has 0 saturated carbocycles. The highest BCUT2D eigenvalue weighted by molar-refractivity contribution is 6.37. The number of benzene rings is 9. The monoisotopic (exact) mass is 1210 g/mol. The maximum absolute atomic E-state index is 13.9. The second kappa shape index (κ2) is 21.0. The van der Waals surface area contributed by atoms with Crippen molar-refractivity contribution in [2.75, 3.05) is 28.9 Å². The first-order chi connectivity index (χ1) is 43.6. The van der Waals surface area contributed by atoms with E-state index in [4.69, 9.17) is 18.9 Å². The van der Waals surface area contributed by atoms with Crippen LogP contribution in [0.25, 0.3) is 0 Å². The Morgan fingerprint density at radius 2 is 0.725 bits per heavy atom. The van der Waals surface area contributed by atoms with Crippen LogP contribution in [-0.4, -0.2) is 61.2 Å². The van der Waals surface area contributed by atoms with Gasteiger partial charge in [0, 0.05) is 16.5 Å². The number of anilines is 3. The number of Topliss-reactive ketones (excluding diaryl/α,β-unsaturated/α-hetero) is 2. The number of aryl methyl sites for hydroxylation is 2. The van der Waals surface area contributed by atoms with Crippen LogP contribution in [0.4, 0.5) is 17.1 Å². The third kappa shape index (κ3) is 9.24. The lowest BCUT2D eigenvalue weighted by atomic mass is 9.72.